The van der Waals surface area contributed by atoms with E-state index in [-0.39, 0.29) is 12.5 Å². The average molecular weight is 282 g/mol. The molecular formula is C13H25F3N2O. The number of rotatable bonds is 7. The number of hydrogen-bond donors (Lipinski definition) is 2. The van der Waals surface area contributed by atoms with Crippen molar-refractivity contribution >= 4 is 0 Å². The van der Waals surface area contributed by atoms with Gasteiger partial charge in [-0.05, 0) is 32.2 Å². The second-order valence-corrected chi connectivity index (χ2v) is 5.29. The quantitative estimate of drug-likeness (QED) is 0.754. The lowest BCUT2D eigenvalue weighted by molar-refractivity contribution is -0.189. The summed E-state index contributed by atoms with van der Waals surface area (Å²) in [5, 5.41) is 3.15. The van der Waals surface area contributed by atoms with Gasteiger partial charge in [0.15, 0.2) is 0 Å². The van der Waals surface area contributed by atoms with Crippen LogP contribution >= 0.6 is 0 Å². The Kier molecular flexibility index (Phi) is 7.10. The Balaban J connectivity index is 2.58. The van der Waals surface area contributed by atoms with E-state index in [1.54, 1.807) is 7.11 Å². The number of alkyl halides is 3. The Labute approximate surface area is 113 Å². The van der Waals surface area contributed by atoms with Crippen LogP contribution in [0.5, 0.6) is 0 Å². The van der Waals surface area contributed by atoms with E-state index in [2.05, 4.69) is 5.32 Å². The first-order valence-electron chi connectivity index (χ1n) is 7.00. The fourth-order valence-corrected chi connectivity index (χ4v) is 2.81. The number of nitrogens with one attached hydrogen (secondary N) is 1. The van der Waals surface area contributed by atoms with Crippen molar-refractivity contribution in [2.45, 2.75) is 56.8 Å². The molecule has 6 heteroatoms. The number of methoxy groups -OCH3 is 1. The predicted octanol–water partition coefficient (Wildman–Crippen LogP) is 2.45. The third-order valence-corrected chi connectivity index (χ3v) is 3.76. The molecule has 1 aliphatic rings. The fourth-order valence-electron chi connectivity index (χ4n) is 2.81. The summed E-state index contributed by atoms with van der Waals surface area (Å²) in [6.07, 6.45) is -0.203. The van der Waals surface area contributed by atoms with E-state index >= 15 is 0 Å². The highest BCUT2D eigenvalue weighted by molar-refractivity contribution is 4.87. The van der Waals surface area contributed by atoms with E-state index in [1.807, 2.05) is 0 Å². The zero-order chi connectivity index (χ0) is 14.3. The molecule has 3 unspecified atom stereocenters. The molecule has 1 aliphatic carbocycles. The molecule has 1 saturated carbocycles. The van der Waals surface area contributed by atoms with Crippen LogP contribution in [0.1, 0.15) is 38.5 Å². The lowest BCUT2D eigenvalue weighted by atomic mass is 9.83. The van der Waals surface area contributed by atoms with Crippen molar-refractivity contribution in [2.75, 3.05) is 20.3 Å². The molecule has 1 rings (SSSR count). The molecule has 3 nitrogen and oxygen atoms in total. The van der Waals surface area contributed by atoms with E-state index in [0.29, 0.717) is 26.0 Å². The second-order valence-electron chi connectivity index (χ2n) is 5.29. The fraction of sp³-hybridized carbons (Fsp3) is 1.00. The van der Waals surface area contributed by atoms with Crippen LogP contribution in [0.25, 0.3) is 0 Å². The normalized spacial score (nSPS) is 26.4. The molecule has 0 bridgehead atoms. The Hall–Kier alpha value is -0.330. The minimum absolute atomic E-state index is 0.0403. The van der Waals surface area contributed by atoms with Gasteiger partial charge in [0.05, 0.1) is 12.5 Å². The summed E-state index contributed by atoms with van der Waals surface area (Å²) in [4.78, 5) is 0. The predicted molar refractivity (Wildman–Crippen MR) is 68.9 cm³/mol. The third kappa shape index (κ3) is 5.67. The molecule has 19 heavy (non-hydrogen) atoms. The van der Waals surface area contributed by atoms with Crippen LogP contribution in [0.3, 0.4) is 0 Å². The first-order chi connectivity index (χ1) is 8.99. The number of hydrogen-bond acceptors (Lipinski definition) is 3. The zero-order valence-corrected chi connectivity index (χ0v) is 11.5. The molecule has 1 fully saturated rings. The molecule has 0 saturated heterocycles. The van der Waals surface area contributed by atoms with Gasteiger partial charge in [-0.15, -0.1) is 0 Å². The van der Waals surface area contributed by atoms with E-state index in [0.717, 1.165) is 19.3 Å². The first-order valence-corrected chi connectivity index (χ1v) is 7.00. The van der Waals surface area contributed by atoms with Crippen LogP contribution < -0.4 is 11.1 Å². The van der Waals surface area contributed by atoms with Crippen molar-refractivity contribution < 1.29 is 17.9 Å². The van der Waals surface area contributed by atoms with Gasteiger partial charge in [0, 0.05) is 19.2 Å². The lowest BCUT2D eigenvalue weighted by Gasteiger charge is -2.36. The van der Waals surface area contributed by atoms with E-state index in [4.69, 9.17) is 10.5 Å². The van der Waals surface area contributed by atoms with Gasteiger partial charge in [-0.3, -0.25) is 0 Å². The molecule has 0 aliphatic heterocycles. The Morgan fingerprint density at radius 1 is 1.32 bits per heavy atom. The summed E-state index contributed by atoms with van der Waals surface area (Å²) in [5.41, 5.74) is 5.45. The molecule has 0 spiro atoms. The molecule has 0 heterocycles. The Morgan fingerprint density at radius 3 is 2.58 bits per heavy atom. The average Bonchev–Trinajstić information content (AvgIpc) is 2.35. The first kappa shape index (κ1) is 16.7. The van der Waals surface area contributed by atoms with Gasteiger partial charge in [0.2, 0.25) is 0 Å². The highest BCUT2D eigenvalue weighted by Gasteiger charge is 2.45. The minimum atomic E-state index is -4.11. The van der Waals surface area contributed by atoms with E-state index < -0.39 is 18.1 Å². The molecular weight excluding hydrogens is 257 g/mol. The summed E-state index contributed by atoms with van der Waals surface area (Å²) in [7, 11) is 1.57. The monoisotopic (exact) mass is 282 g/mol. The number of nitrogens with two attached hydrogens (primary N) is 1. The van der Waals surface area contributed by atoms with Crippen molar-refractivity contribution in [1.82, 2.24) is 5.32 Å². The van der Waals surface area contributed by atoms with Gasteiger partial charge in [0.25, 0.3) is 0 Å². The summed E-state index contributed by atoms with van der Waals surface area (Å²) in [6, 6.07) is -0.520. The molecule has 3 atom stereocenters. The van der Waals surface area contributed by atoms with Crippen LogP contribution in [0.15, 0.2) is 0 Å². The molecule has 0 aromatic heterocycles. The summed E-state index contributed by atoms with van der Waals surface area (Å²) in [5.74, 6) is -1.22. The van der Waals surface area contributed by atoms with Crippen molar-refractivity contribution in [3.05, 3.63) is 0 Å². The van der Waals surface area contributed by atoms with Crippen molar-refractivity contribution in [3.8, 4) is 0 Å². The summed E-state index contributed by atoms with van der Waals surface area (Å²) in [6.45, 7) is 0.982. The second kappa shape index (κ2) is 8.07. The van der Waals surface area contributed by atoms with Crippen molar-refractivity contribution in [2.24, 2.45) is 11.7 Å². The van der Waals surface area contributed by atoms with E-state index in [1.165, 1.54) is 0 Å². The van der Waals surface area contributed by atoms with Crippen LogP contribution in [0.4, 0.5) is 13.2 Å². The number of ether oxygens (including phenoxy) is 1. The smallest absolute Gasteiger partial charge is 0.383 e. The maximum absolute atomic E-state index is 13.0. The number of halogens is 3. The van der Waals surface area contributed by atoms with Crippen molar-refractivity contribution in [3.63, 3.8) is 0 Å². The van der Waals surface area contributed by atoms with Crippen LogP contribution in [0, 0.1) is 5.92 Å². The summed E-state index contributed by atoms with van der Waals surface area (Å²) >= 11 is 0. The van der Waals surface area contributed by atoms with Gasteiger partial charge >= 0.3 is 6.18 Å². The SMILES string of the molecule is COCC(CCCN)NC1CCCCC1C(F)(F)F. The minimum Gasteiger partial charge on any atom is -0.383 e. The molecule has 0 radical (unpaired) electrons. The van der Waals surface area contributed by atoms with Gasteiger partial charge in [0.1, 0.15) is 0 Å². The topological polar surface area (TPSA) is 47.3 Å². The molecule has 0 aromatic carbocycles. The molecule has 3 N–H and O–H groups in total. The maximum atomic E-state index is 13.0. The van der Waals surface area contributed by atoms with Gasteiger partial charge in [-0.2, -0.15) is 13.2 Å². The van der Waals surface area contributed by atoms with Crippen LogP contribution in [-0.2, 0) is 4.74 Å². The van der Waals surface area contributed by atoms with Gasteiger partial charge in [-0.25, -0.2) is 0 Å². The Bertz CT molecular complexity index is 249. The molecule has 0 amide bonds. The van der Waals surface area contributed by atoms with Gasteiger partial charge < -0.3 is 15.8 Å². The van der Waals surface area contributed by atoms with E-state index in [9.17, 15) is 13.2 Å². The molecule has 0 aromatic rings. The largest absolute Gasteiger partial charge is 0.393 e. The molecule has 114 valence electrons. The van der Waals surface area contributed by atoms with Gasteiger partial charge in [-0.1, -0.05) is 12.8 Å². The zero-order valence-electron chi connectivity index (χ0n) is 11.5. The highest BCUT2D eigenvalue weighted by atomic mass is 19.4. The standard InChI is InChI=1S/C13H25F3N2O/c1-19-9-10(5-4-8-17)18-12-7-3-2-6-11(12)13(14,15)16/h10-12,18H,2-9,17H2,1H3. The van der Waals surface area contributed by atoms with Crippen molar-refractivity contribution in [1.29, 1.82) is 0 Å². The third-order valence-electron chi connectivity index (χ3n) is 3.76. The van der Waals surface area contributed by atoms with Crippen LogP contribution in [0.2, 0.25) is 0 Å². The Morgan fingerprint density at radius 2 is 2.00 bits per heavy atom. The highest BCUT2D eigenvalue weighted by Crippen LogP contribution is 2.37. The summed E-state index contributed by atoms with van der Waals surface area (Å²) < 4.78 is 44.0. The van der Waals surface area contributed by atoms with Crippen LogP contribution in [-0.4, -0.2) is 38.5 Å². The maximum Gasteiger partial charge on any atom is 0.393 e. The lowest BCUT2D eigenvalue weighted by Crippen LogP contribution is -2.50.